The van der Waals surface area contributed by atoms with Crippen LogP contribution in [0.5, 0.6) is 5.75 Å². The SMILES string of the molecule is COc1ccc(Cl)cc1S(=O)(=O)OC. The first-order valence-electron chi connectivity index (χ1n) is 3.65. The quantitative estimate of drug-likeness (QED) is 0.750. The first-order chi connectivity index (χ1) is 6.51. The maximum atomic E-state index is 11.4. The Morgan fingerprint density at radius 2 is 1.93 bits per heavy atom. The Kier molecular flexibility index (Phi) is 3.36. The van der Waals surface area contributed by atoms with Gasteiger partial charge in [-0.1, -0.05) is 11.6 Å². The largest absolute Gasteiger partial charge is 0.495 e. The van der Waals surface area contributed by atoms with Crippen LogP contribution in [0.15, 0.2) is 23.1 Å². The van der Waals surface area contributed by atoms with Crippen LogP contribution in [-0.2, 0) is 14.3 Å². The minimum atomic E-state index is -3.77. The summed E-state index contributed by atoms with van der Waals surface area (Å²) in [6.45, 7) is 0. The van der Waals surface area contributed by atoms with Crippen molar-refractivity contribution in [1.82, 2.24) is 0 Å². The van der Waals surface area contributed by atoms with Gasteiger partial charge in [-0.3, -0.25) is 4.18 Å². The van der Waals surface area contributed by atoms with E-state index in [0.717, 1.165) is 7.11 Å². The van der Waals surface area contributed by atoms with Gasteiger partial charge in [0.25, 0.3) is 10.1 Å². The van der Waals surface area contributed by atoms with E-state index in [1.807, 2.05) is 0 Å². The highest BCUT2D eigenvalue weighted by molar-refractivity contribution is 7.86. The highest BCUT2D eigenvalue weighted by atomic mass is 35.5. The standard InChI is InChI=1S/C8H9ClO4S/c1-12-7-4-3-6(9)5-8(7)14(10,11)13-2/h3-5H,1-2H3. The molecule has 6 heteroatoms. The second kappa shape index (κ2) is 4.16. The summed E-state index contributed by atoms with van der Waals surface area (Å²) in [5.41, 5.74) is 0. The van der Waals surface area contributed by atoms with E-state index in [-0.39, 0.29) is 10.6 Å². The first-order valence-corrected chi connectivity index (χ1v) is 5.44. The molecule has 0 spiro atoms. The maximum absolute atomic E-state index is 11.4. The maximum Gasteiger partial charge on any atom is 0.300 e. The summed E-state index contributed by atoms with van der Waals surface area (Å²) in [5.74, 6) is 0.205. The van der Waals surface area contributed by atoms with Gasteiger partial charge in [0.15, 0.2) is 0 Å². The van der Waals surface area contributed by atoms with E-state index in [0.29, 0.717) is 5.02 Å². The van der Waals surface area contributed by atoms with Crippen LogP contribution in [0.4, 0.5) is 0 Å². The third-order valence-corrected chi connectivity index (χ3v) is 3.15. The molecule has 0 saturated carbocycles. The van der Waals surface area contributed by atoms with Crippen LogP contribution in [0.25, 0.3) is 0 Å². The normalized spacial score (nSPS) is 11.4. The van der Waals surface area contributed by atoms with Crippen LogP contribution in [0.2, 0.25) is 5.02 Å². The Balaban J connectivity index is 3.39. The molecule has 0 unspecified atom stereocenters. The lowest BCUT2D eigenvalue weighted by atomic mass is 10.3. The summed E-state index contributed by atoms with van der Waals surface area (Å²) >= 11 is 5.66. The van der Waals surface area contributed by atoms with Crippen LogP contribution >= 0.6 is 11.6 Å². The van der Waals surface area contributed by atoms with Crippen molar-refractivity contribution in [3.05, 3.63) is 23.2 Å². The van der Waals surface area contributed by atoms with Crippen LogP contribution < -0.4 is 4.74 Å². The second-order valence-electron chi connectivity index (χ2n) is 2.42. The van der Waals surface area contributed by atoms with E-state index in [1.165, 1.54) is 25.3 Å². The topological polar surface area (TPSA) is 52.6 Å². The van der Waals surface area contributed by atoms with E-state index >= 15 is 0 Å². The number of benzene rings is 1. The van der Waals surface area contributed by atoms with Gasteiger partial charge in [0.2, 0.25) is 0 Å². The molecular formula is C8H9ClO4S. The van der Waals surface area contributed by atoms with Crippen LogP contribution in [-0.4, -0.2) is 22.6 Å². The molecule has 0 saturated heterocycles. The molecule has 0 fully saturated rings. The van der Waals surface area contributed by atoms with Crippen molar-refractivity contribution < 1.29 is 17.3 Å². The highest BCUT2D eigenvalue weighted by Crippen LogP contribution is 2.27. The summed E-state index contributed by atoms with van der Waals surface area (Å²) in [7, 11) is -1.32. The predicted molar refractivity (Wildman–Crippen MR) is 52.2 cm³/mol. The zero-order chi connectivity index (χ0) is 10.8. The molecule has 0 heterocycles. The molecular weight excluding hydrogens is 228 g/mol. The van der Waals surface area contributed by atoms with Crippen molar-refractivity contribution in [2.45, 2.75) is 4.90 Å². The van der Waals surface area contributed by atoms with Crippen molar-refractivity contribution in [3.8, 4) is 5.75 Å². The minimum absolute atomic E-state index is 0.0741. The first kappa shape index (κ1) is 11.3. The fourth-order valence-corrected chi connectivity index (χ4v) is 2.02. The molecule has 14 heavy (non-hydrogen) atoms. The molecule has 0 N–H and O–H groups in total. The fraction of sp³-hybridized carbons (Fsp3) is 0.250. The van der Waals surface area contributed by atoms with Gasteiger partial charge in [0.05, 0.1) is 14.2 Å². The lowest BCUT2D eigenvalue weighted by molar-refractivity contribution is 0.378. The third kappa shape index (κ3) is 2.17. The summed E-state index contributed by atoms with van der Waals surface area (Å²) in [6, 6.07) is 4.28. The number of hydrogen-bond acceptors (Lipinski definition) is 4. The molecule has 0 aliphatic heterocycles. The van der Waals surface area contributed by atoms with E-state index in [9.17, 15) is 8.42 Å². The van der Waals surface area contributed by atoms with Gasteiger partial charge in [-0.2, -0.15) is 8.42 Å². The van der Waals surface area contributed by atoms with Crippen LogP contribution in [0, 0.1) is 0 Å². The Morgan fingerprint density at radius 1 is 1.29 bits per heavy atom. The molecule has 1 rings (SSSR count). The van der Waals surface area contributed by atoms with E-state index in [1.54, 1.807) is 0 Å². The summed E-state index contributed by atoms with van der Waals surface area (Å²) < 4.78 is 32.0. The second-order valence-corrected chi connectivity index (χ2v) is 4.53. The lowest BCUT2D eigenvalue weighted by Crippen LogP contribution is -2.04. The van der Waals surface area contributed by atoms with Crippen LogP contribution in [0.3, 0.4) is 0 Å². The molecule has 1 aromatic carbocycles. The molecule has 0 atom stereocenters. The average molecular weight is 237 g/mol. The monoisotopic (exact) mass is 236 g/mol. The third-order valence-electron chi connectivity index (χ3n) is 1.61. The molecule has 0 radical (unpaired) electrons. The Labute approximate surface area is 87.5 Å². The number of ether oxygens (including phenoxy) is 1. The molecule has 0 aliphatic carbocycles. The molecule has 0 amide bonds. The average Bonchev–Trinajstić information content (AvgIpc) is 2.18. The molecule has 78 valence electrons. The Morgan fingerprint density at radius 3 is 2.43 bits per heavy atom. The van der Waals surface area contributed by atoms with Gasteiger partial charge in [-0.15, -0.1) is 0 Å². The summed E-state index contributed by atoms with van der Waals surface area (Å²) in [5, 5.41) is 0.307. The van der Waals surface area contributed by atoms with Gasteiger partial charge < -0.3 is 4.74 Å². The zero-order valence-corrected chi connectivity index (χ0v) is 9.22. The lowest BCUT2D eigenvalue weighted by Gasteiger charge is -2.07. The summed E-state index contributed by atoms with van der Waals surface area (Å²) in [4.78, 5) is -0.0741. The number of halogens is 1. The van der Waals surface area contributed by atoms with Gasteiger partial charge in [0, 0.05) is 5.02 Å². The van der Waals surface area contributed by atoms with E-state index in [4.69, 9.17) is 16.3 Å². The fourth-order valence-electron chi connectivity index (χ4n) is 0.936. The van der Waals surface area contributed by atoms with Gasteiger partial charge in [-0.25, -0.2) is 0 Å². The molecule has 0 bridgehead atoms. The number of rotatable bonds is 3. The predicted octanol–water partition coefficient (Wildman–Crippen LogP) is 1.68. The van der Waals surface area contributed by atoms with Crippen LogP contribution in [0.1, 0.15) is 0 Å². The Hall–Kier alpha value is -0.780. The Bertz CT molecular complexity index is 427. The zero-order valence-electron chi connectivity index (χ0n) is 7.65. The molecule has 1 aromatic rings. The van der Waals surface area contributed by atoms with Crippen molar-refractivity contribution in [3.63, 3.8) is 0 Å². The molecule has 0 aromatic heterocycles. The highest BCUT2D eigenvalue weighted by Gasteiger charge is 2.19. The van der Waals surface area contributed by atoms with Gasteiger partial charge in [-0.05, 0) is 18.2 Å². The van der Waals surface area contributed by atoms with Gasteiger partial charge >= 0.3 is 0 Å². The molecule has 0 aliphatic rings. The smallest absolute Gasteiger partial charge is 0.300 e. The van der Waals surface area contributed by atoms with Gasteiger partial charge in [0.1, 0.15) is 10.6 Å². The van der Waals surface area contributed by atoms with Crippen molar-refractivity contribution >= 4 is 21.7 Å². The van der Waals surface area contributed by atoms with E-state index < -0.39 is 10.1 Å². The van der Waals surface area contributed by atoms with Crippen molar-refractivity contribution in [2.75, 3.05) is 14.2 Å². The summed E-state index contributed by atoms with van der Waals surface area (Å²) in [6.07, 6.45) is 0. The molecule has 4 nitrogen and oxygen atoms in total. The number of methoxy groups -OCH3 is 1. The van der Waals surface area contributed by atoms with E-state index in [2.05, 4.69) is 4.18 Å². The minimum Gasteiger partial charge on any atom is -0.495 e. The van der Waals surface area contributed by atoms with Crippen molar-refractivity contribution in [2.24, 2.45) is 0 Å². The number of hydrogen-bond donors (Lipinski definition) is 0. The van der Waals surface area contributed by atoms with Crippen molar-refractivity contribution in [1.29, 1.82) is 0 Å².